The number of methoxy groups -OCH3 is 1. The van der Waals surface area contributed by atoms with Crippen LogP contribution in [0.25, 0.3) is 0 Å². The summed E-state index contributed by atoms with van der Waals surface area (Å²) in [5, 5.41) is 0. The molecule has 1 aliphatic rings. The zero-order valence-corrected chi connectivity index (χ0v) is 10.6. The quantitative estimate of drug-likeness (QED) is 0.767. The van der Waals surface area contributed by atoms with Gasteiger partial charge in [0.25, 0.3) is 0 Å². The van der Waals surface area contributed by atoms with E-state index < -0.39 is 0 Å². The van der Waals surface area contributed by atoms with Gasteiger partial charge >= 0.3 is 0 Å². The number of carbonyl (C=O) groups is 1. The number of rotatable bonds is 3. The average molecular weight is 244 g/mol. The fraction of sp³-hybridized carbons (Fsp3) is 0.286. The van der Waals surface area contributed by atoms with Crippen molar-refractivity contribution in [1.82, 2.24) is 0 Å². The van der Waals surface area contributed by atoms with Crippen molar-refractivity contribution in [3.63, 3.8) is 0 Å². The molecule has 0 fully saturated rings. The number of ether oxygens (including phenoxy) is 1. The van der Waals surface area contributed by atoms with E-state index in [-0.39, 0.29) is 5.91 Å². The lowest BCUT2D eigenvalue weighted by molar-refractivity contribution is -0.117. The molecule has 0 N–H and O–H groups in total. The van der Waals surface area contributed by atoms with Gasteiger partial charge in [-0.15, -0.1) is 6.58 Å². The van der Waals surface area contributed by atoms with Gasteiger partial charge in [-0.2, -0.15) is 0 Å². The highest BCUT2D eigenvalue weighted by Crippen LogP contribution is 2.35. The van der Waals surface area contributed by atoms with Crippen LogP contribution in [-0.2, 0) is 4.79 Å². The third-order valence-electron chi connectivity index (χ3n) is 2.80. The predicted octanol–water partition coefficient (Wildman–Crippen LogP) is 2.71. The SMILES string of the molecule is C=CCN1C(=O)CC(C)=Nc2ccc(OC)cc21. The summed E-state index contributed by atoms with van der Waals surface area (Å²) in [6.07, 6.45) is 2.05. The van der Waals surface area contributed by atoms with E-state index in [1.807, 2.05) is 25.1 Å². The number of benzene rings is 1. The van der Waals surface area contributed by atoms with Crippen molar-refractivity contribution in [2.75, 3.05) is 18.6 Å². The summed E-state index contributed by atoms with van der Waals surface area (Å²) in [7, 11) is 1.60. The number of hydrogen-bond donors (Lipinski definition) is 0. The first-order valence-corrected chi connectivity index (χ1v) is 5.79. The second-order valence-electron chi connectivity index (χ2n) is 4.17. The van der Waals surface area contributed by atoms with E-state index in [2.05, 4.69) is 11.6 Å². The molecule has 94 valence electrons. The Hall–Kier alpha value is -2.10. The number of carbonyl (C=O) groups excluding carboxylic acids is 1. The smallest absolute Gasteiger partial charge is 0.233 e. The molecule has 0 spiro atoms. The Morgan fingerprint density at radius 3 is 3.00 bits per heavy atom. The monoisotopic (exact) mass is 244 g/mol. The maximum Gasteiger partial charge on any atom is 0.233 e. The number of hydrogen-bond acceptors (Lipinski definition) is 3. The fourth-order valence-corrected chi connectivity index (χ4v) is 1.96. The lowest BCUT2D eigenvalue weighted by Gasteiger charge is -2.21. The van der Waals surface area contributed by atoms with Gasteiger partial charge in [0.2, 0.25) is 5.91 Å². The summed E-state index contributed by atoms with van der Waals surface area (Å²) in [4.78, 5) is 18.3. The van der Waals surface area contributed by atoms with Crippen molar-refractivity contribution < 1.29 is 9.53 Å². The molecular formula is C14H16N2O2. The topological polar surface area (TPSA) is 41.9 Å². The van der Waals surface area contributed by atoms with Crippen LogP contribution in [0.2, 0.25) is 0 Å². The highest BCUT2D eigenvalue weighted by molar-refractivity contribution is 6.11. The lowest BCUT2D eigenvalue weighted by Crippen LogP contribution is -2.31. The van der Waals surface area contributed by atoms with Crippen LogP contribution in [0, 0.1) is 0 Å². The highest BCUT2D eigenvalue weighted by atomic mass is 16.5. The number of nitrogens with zero attached hydrogens (tertiary/aromatic N) is 2. The van der Waals surface area contributed by atoms with E-state index >= 15 is 0 Å². The van der Waals surface area contributed by atoms with Gasteiger partial charge in [-0.1, -0.05) is 6.08 Å². The van der Waals surface area contributed by atoms with E-state index in [0.717, 1.165) is 17.1 Å². The van der Waals surface area contributed by atoms with Gasteiger partial charge in [0.1, 0.15) is 5.75 Å². The van der Waals surface area contributed by atoms with Crippen molar-refractivity contribution in [2.24, 2.45) is 4.99 Å². The summed E-state index contributed by atoms with van der Waals surface area (Å²) in [6.45, 7) is 6.03. The Labute approximate surface area is 107 Å². The van der Waals surface area contributed by atoms with Gasteiger partial charge in [-0.3, -0.25) is 9.79 Å². The van der Waals surface area contributed by atoms with Crippen LogP contribution in [0.5, 0.6) is 5.75 Å². The summed E-state index contributed by atoms with van der Waals surface area (Å²) < 4.78 is 5.20. The molecule has 0 saturated carbocycles. The number of fused-ring (bicyclic) bond motifs is 1. The molecule has 0 saturated heterocycles. The standard InChI is InChI=1S/C14H16N2O2/c1-4-7-16-13-9-11(18-3)5-6-12(13)15-10(2)8-14(16)17/h4-6,9H,1,7-8H2,2-3H3. The van der Waals surface area contributed by atoms with Crippen LogP contribution in [0.3, 0.4) is 0 Å². The predicted molar refractivity (Wildman–Crippen MR) is 72.9 cm³/mol. The molecule has 4 heteroatoms. The molecule has 2 rings (SSSR count). The van der Waals surface area contributed by atoms with Crippen LogP contribution >= 0.6 is 0 Å². The molecule has 0 aromatic heterocycles. The lowest BCUT2D eigenvalue weighted by atomic mass is 10.2. The molecular weight excluding hydrogens is 228 g/mol. The number of anilines is 1. The van der Waals surface area contributed by atoms with E-state index in [0.29, 0.717) is 18.7 Å². The van der Waals surface area contributed by atoms with Gasteiger partial charge in [-0.25, -0.2) is 0 Å². The third-order valence-corrected chi connectivity index (χ3v) is 2.80. The zero-order chi connectivity index (χ0) is 13.1. The second kappa shape index (κ2) is 5.04. The summed E-state index contributed by atoms with van der Waals surface area (Å²) in [5.74, 6) is 0.744. The van der Waals surface area contributed by atoms with Gasteiger partial charge in [0.15, 0.2) is 0 Å². The Morgan fingerprint density at radius 2 is 2.33 bits per heavy atom. The third kappa shape index (κ3) is 2.27. The molecule has 1 aromatic rings. The molecule has 18 heavy (non-hydrogen) atoms. The molecule has 1 heterocycles. The Morgan fingerprint density at radius 1 is 1.56 bits per heavy atom. The summed E-state index contributed by atoms with van der Waals surface area (Å²) >= 11 is 0. The van der Waals surface area contributed by atoms with Gasteiger partial charge in [0, 0.05) is 18.3 Å². The molecule has 0 unspecified atom stereocenters. The first-order chi connectivity index (χ1) is 8.65. The largest absolute Gasteiger partial charge is 0.497 e. The minimum Gasteiger partial charge on any atom is -0.497 e. The molecule has 4 nitrogen and oxygen atoms in total. The van der Waals surface area contributed by atoms with E-state index in [9.17, 15) is 4.79 Å². The molecule has 0 radical (unpaired) electrons. The van der Waals surface area contributed by atoms with E-state index in [1.54, 1.807) is 18.1 Å². The van der Waals surface area contributed by atoms with Crippen LogP contribution in [0.4, 0.5) is 11.4 Å². The fourth-order valence-electron chi connectivity index (χ4n) is 1.96. The zero-order valence-electron chi connectivity index (χ0n) is 10.6. The highest BCUT2D eigenvalue weighted by Gasteiger charge is 2.22. The Bertz CT molecular complexity index is 521. The molecule has 1 aliphatic heterocycles. The van der Waals surface area contributed by atoms with E-state index in [4.69, 9.17) is 4.74 Å². The van der Waals surface area contributed by atoms with Gasteiger partial charge < -0.3 is 9.64 Å². The number of aliphatic imine (C=N–C) groups is 1. The minimum atomic E-state index is 0.0307. The van der Waals surface area contributed by atoms with Gasteiger partial charge in [-0.05, 0) is 19.1 Å². The van der Waals surface area contributed by atoms with Gasteiger partial charge in [0.05, 0.1) is 24.9 Å². The van der Waals surface area contributed by atoms with Crippen molar-refractivity contribution in [3.8, 4) is 5.75 Å². The van der Waals surface area contributed by atoms with Crippen molar-refractivity contribution in [3.05, 3.63) is 30.9 Å². The maximum atomic E-state index is 12.1. The van der Waals surface area contributed by atoms with E-state index in [1.165, 1.54) is 0 Å². The normalized spacial score (nSPS) is 14.7. The molecule has 1 aromatic carbocycles. The van der Waals surface area contributed by atoms with Crippen LogP contribution in [-0.4, -0.2) is 25.3 Å². The molecule has 1 amide bonds. The first kappa shape index (κ1) is 12.4. The average Bonchev–Trinajstić information content (AvgIpc) is 2.46. The van der Waals surface area contributed by atoms with Crippen molar-refractivity contribution in [2.45, 2.75) is 13.3 Å². The van der Waals surface area contributed by atoms with Crippen LogP contribution < -0.4 is 9.64 Å². The Kier molecular flexibility index (Phi) is 3.46. The number of amides is 1. The molecule has 0 atom stereocenters. The Balaban J connectivity index is 2.55. The molecule has 0 bridgehead atoms. The van der Waals surface area contributed by atoms with Crippen LogP contribution in [0.1, 0.15) is 13.3 Å². The minimum absolute atomic E-state index is 0.0307. The summed E-state index contributed by atoms with van der Waals surface area (Å²) in [6, 6.07) is 5.54. The second-order valence-corrected chi connectivity index (χ2v) is 4.17. The maximum absolute atomic E-state index is 12.1. The van der Waals surface area contributed by atoms with Crippen molar-refractivity contribution >= 4 is 23.0 Å². The first-order valence-electron chi connectivity index (χ1n) is 5.79. The molecule has 0 aliphatic carbocycles. The summed E-state index contributed by atoms with van der Waals surface area (Å²) in [5.41, 5.74) is 2.38. The van der Waals surface area contributed by atoms with Crippen LogP contribution in [0.15, 0.2) is 35.8 Å². The van der Waals surface area contributed by atoms with Crippen molar-refractivity contribution in [1.29, 1.82) is 0 Å².